The molecule has 2 fully saturated rings. The molecule has 2 heterocycles. The third kappa shape index (κ3) is 9.05. The number of benzene rings is 3. The van der Waals surface area contributed by atoms with Gasteiger partial charge in [0.15, 0.2) is 0 Å². The van der Waals surface area contributed by atoms with E-state index in [4.69, 9.17) is 28.9 Å². The minimum atomic E-state index is -1.43. The van der Waals surface area contributed by atoms with Crippen LogP contribution < -0.4 is 9.47 Å². The number of aldehydes is 1. The summed E-state index contributed by atoms with van der Waals surface area (Å²) < 4.78 is 26.6. The second-order valence-corrected chi connectivity index (χ2v) is 16.1. The topological polar surface area (TPSA) is 160 Å². The molecular formula is C48H55N3O9. The Morgan fingerprint density at radius 2 is 1.82 bits per heavy atom. The molecule has 2 N–H and O–H groups in total. The van der Waals surface area contributed by atoms with E-state index in [-0.39, 0.29) is 49.9 Å². The monoisotopic (exact) mass is 817 g/mol. The Kier molecular flexibility index (Phi) is 14.1. The van der Waals surface area contributed by atoms with Gasteiger partial charge < -0.3 is 38.9 Å². The number of hydrogen-bond acceptors (Lipinski definition) is 11. The highest BCUT2D eigenvalue weighted by Gasteiger charge is 2.65. The van der Waals surface area contributed by atoms with Crippen molar-refractivity contribution in [3.05, 3.63) is 113 Å². The van der Waals surface area contributed by atoms with Gasteiger partial charge in [0.1, 0.15) is 29.6 Å². The normalized spacial score (nSPS) is 26.0. The number of allylic oxidation sites excluding steroid dienone is 1. The molecule has 0 bridgehead atoms. The van der Waals surface area contributed by atoms with Crippen molar-refractivity contribution in [3.8, 4) is 23.3 Å². The number of carbonyl (C=O) groups is 2. The molecule has 3 aromatic rings. The first-order valence-electron chi connectivity index (χ1n) is 21.2. The molecule has 7 rings (SSSR count). The molecule has 3 aromatic carbocycles. The molecule has 2 aliphatic heterocycles. The average molecular weight is 818 g/mol. The number of aliphatic hydroxyl groups is 2. The number of likely N-dealkylation sites (N-methyl/N-ethyl adjacent to an activating group) is 1. The zero-order valence-electron chi connectivity index (χ0n) is 34.2. The molecule has 316 valence electrons. The third-order valence-corrected chi connectivity index (χ3v) is 12.3. The molecule has 1 saturated heterocycles. The first-order valence-corrected chi connectivity index (χ1v) is 21.2. The van der Waals surface area contributed by atoms with E-state index in [1.807, 2.05) is 18.2 Å². The van der Waals surface area contributed by atoms with Gasteiger partial charge in [-0.3, -0.25) is 9.59 Å². The van der Waals surface area contributed by atoms with Crippen LogP contribution in [0.25, 0.3) is 0 Å². The van der Waals surface area contributed by atoms with Crippen LogP contribution in [0.4, 0.5) is 0 Å². The molecule has 0 aromatic heterocycles. The van der Waals surface area contributed by atoms with Gasteiger partial charge in [-0.2, -0.15) is 5.26 Å². The van der Waals surface area contributed by atoms with E-state index in [1.165, 1.54) is 0 Å². The van der Waals surface area contributed by atoms with Gasteiger partial charge in [-0.15, -0.1) is 6.58 Å². The van der Waals surface area contributed by atoms with Gasteiger partial charge in [0.25, 0.3) is 5.91 Å². The average Bonchev–Trinajstić information content (AvgIpc) is 3.28. The van der Waals surface area contributed by atoms with E-state index in [0.717, 1.165) is 55.9 Å². The minimum absolute atomic E-state index is 0.0223. The quantitative estimate of drug-likeness (QED) is 0.0556. The minimum Gasteiger partial charge on any atom is -0.459 e. The van der Waals surface area contributed by atoms with E-state index in [1.54, 1.807) is 66.6 Å². The van der Waals surface area contributed by atoms with Gasteiger partial charge in [0, 0.05) is 55.7 Å². The Labute approximate surface area is 352 Å². The molecule has 1 amide bonds. The summed E-state index contributed by atoms with van der Waals surface area (Å²) in [6.07, 6.45) is 11.6. The maximum Gasteiger partial charge on any atom is 0.254 e. The summed E-state index contributed by atoms with van der Waals surface area (Å²) in [6.45, 7) is 4.88. The van der Waals surface area contributed by atoms with Crippen LogP contribution in [0.5, 0.6) is 17.2 Å². The fourth-order valence-corrected chi connectivity index (χ4v) is 9.53. The predicted molar refractivity (Wildman–Crippen MR) is 225 cm³/mol. The van der Waals surface area contributed by atoms with Crippen LogP contribution in [0, 0.1) is 29.1 Å². The highest BCUT2D eigenvalue weighted by atomic mass is 16.8. The Morgan fingerprint density at radius 3 is 2.53 bits per heavy atom. The molecule has 0 spiro atoms. The number of fused-ring (bicyclic) bond motifs is 2. The maximum absolute atomic E-state index is 14.6. The molecular weight excluding hydrogens is 763 g/mol. The van der Waals surface area contributed by atoms with Crippen molar-refractivity contribution < 1.29 is 43.6 Å². The van der Waals surface area contributed by atoms with Crippen LogP contribution in [-0.4, -0.2) is 84.6 Å². The van der Waals surface area contributed by atoms with Gasteiger partial charge >= 0.3 is 0 Å². The Morgan fingerprint density at radius 1 is 1.03 bits per heavy atom. The standard InChI is InChI=1S/C48H55N3O9/c1-3-24-57-48-43(51(2)47(55)34-18-16-32(30-49)17-19-34)29-41(50-60-44-15-6-9-25-56-44)39-27-35(12-4-7-22-52)38(14-5-8-23-53)45(46(39)48)40-28-37(20-21-42(40)59-48)58-36-13-10-11-33(26-36)31-54/h3,10-11,13,16-21,26-28,31,35,38,43-46,52-53H,1,4-9,12,14-15,22-25,29H2,2H3. The van der Waals surface area contributed by atoms with E-state index >= 15 is 0 Å². The summed E-state index contributed by atoms with van der Waals surface area (Å²) in [5.41, 5.74) is 3.85. The number of rotatable bonds is 18. The second-order valence-electron chi connectivity index (χ2n) is 16.1. The van der Waals surface area contributed by atoms with Crippen LogP contribution >= 0.6 is 0 Å². The van der Waals surface area contributed by atoms with E-state index < -0.39 is 24.0 Å². The van der Waals surface area contributed by atoms with Gasteiger partial charge in [-0.25, -0.2) is 0 Å². The molecule has 12 nitrogen and oxygen atoms in total. The summed E-state index contributed by atoms with van der Waals surface area (Å²) in [7, 11) is 1.75. The maximum atomic E-state index is 14.6. The summed E-state index contributed by atoms with van der Waals surface area (Å²) in [5, 5.41) is 34.2. The van der Waals surface area contributed by atoms with Crippen LogP contribution in [0.3, 0.4) is 0 Å². The summed E-state index contributed by atoms with van der Waals surface area (Å²) >= 11 is 0. The van der Waals surface area contributed by atoms with Crippen LogP contribution in [0.2, 0.25) is 0 Å². The van der Waals surface area contributed by atoms with E-state index in [9.17, 15) is 25.1 Å². The smallest absolute Gasteiger partial charge is 0.254 e. The number of aliphatic hydroxyl groups excluding tert-OH is 2. The second kappa shape index (κ2) is 19.8. The lowest BCUT2D eigenvalue weighted by molar-refractivity contribution is -0.252. The third-order valence-electron chi connectivity index (χ3n) is 12.3. The molecule has 1 saturated carbocycles. The zero-order chi connectivity index (χ0) is 42.1. The SMILES string of the molecule is C=CCOC12Oc3ccc(Oc4cccc(C=O)c4)cc3C3C(CCCCO)C(CCCCO)C=C(C(=NOC4CCCCO4)CC1N(C)C(=O)c1ccc(C#N)cc1)C32. The summed E-state index contributed by atoms with van der Waals surface area (Å²) in [6, 6.07) is 20.7. The van der Waals surface area contributed by atoms with Gasteiger partial charge in [-0.05, 0) is 111 Å². The lowest BCUT2D eigenvalue weighted by atomic mass is 9.55. The van der Waals surface area contributed by atoms with Crippen LogP contribution in [0.1, 0.15) is 102 Å². The van der Waals surface area contributed by atoms with Gasteiger partial charge in [0.05, 0.1) is 36.5 Å². The number of oxime groups is 1. The fourth-order valence-electron chi connectivity index (χ4n) is 9.53. The van der Waals surface area contributed by atoms with Crippen LogP contribution in [-0.2, 0) is 14.3 Å². The van der Waals surface area contributed by atoms with Crippen molar-refractivity contribution in [1.29, 1.82) is 5.26 Å². The number of amides is 1. The van der Waals surface area contributed by atoms with Crippen molar-refractivity contribution in [2.75, 3.05) is 33.5 Å². The number of hydrogen-bond donors (Lipinski definition) is 2. The zero-order valence-corrected chi connectivity index (χ0v) is 34.2. The lowest BCUT2D eigenvalue weighted by Crippen LogP contribution is -2.69. The molecule has 2 aliphatic carbocycles. The van der Waals surface area contributed by atoms with Gasteiger partial charge in [-0.1, -0.05) is 42.3 Å². The number of unbranched alkanes of at least 4 members (excludes halogenated alkanes) is 2. The molecule has 7 unspecified atom stereocenters. The van der Waals surface area contributed by atoms with Crippen molar-refractivity contribution in [2.45, 2.75) is 88.2 Å². The van der Waals surface area contributed by atoms with E-state index in [2.05, 4.69) is 18.7 Å². The summed E-state index contributed by atoms with van der Waals surface area (Å²) in [5.74, 6) is -0.719. The van der Waals surface area contributed by atoms with Crippen molar-refractivity contribution in [1.82, 2.24) is 4.90 Å². The first kappa shape index (κ1) is 42.8. The molecule has 0 radical (unpaired) electrons. The van der Waals surface area contributed by atoms with Crippen molar-refractivity contribution >= 4 is 17.9 Å². The largest absolute Gasteiger partial charge is 0.459 e. The Bertz CT molecular complexity index is 2090. The van der Waals surface area contributed by atoms with Crippen molar-refractivity contribution in [3.63, 3.8) is 0 Å². The number of nitriles is 1. The lowest BCUT2D eigenvalue weighted by Gasteiger charge is -2.59. The first-order chi connectivity index (χ1) is 29.3. The van der Waals surface area contributed by atoms with E-state index in [0.29, 0.717) is 65.5 Å². The summed E-state index contributed by atoms with van der Waals surface area (Å²) in [4.78, 5) is 34.1. The fraction of sp³-hybridized carbons (Fsp3) is 0.458. The molecule has 60 heavy (non-hydrogen) atoms. The Balaban J connectivity index is 1.42. The van der Waals surface area contributed by atoms with Crippen LogP contribution in [0.15, 0.2) is 96.2 Å². The highest BCUT2D eigenvalue weighted by molar-refractivity contribution is 6.03. The number of nitrogens with zero attached hydrogens (tertiary/aromatic N) is 3. The predicted octanol–water partition coefficient (Wildman–Crippen LogP) is 8.10. The number of ether oxygens (including phenoxy) is 4. The number of carbonyl (C=O) groups excluding carboxylic acids is 2. The van der Waals surface area contributed by atoms with Crippen molar-refractivity contribution in [2.24, 2.45) is 22.9 Å². The molecule has 12 heteroatoms. The molecule has 4 aliphatic rings. The Hall–Kier alpha value is -5.32. The molecule has 7 atom stereocenters. The highest BCUT2D eigenvalue weighted by Crippen LogP contribution is 2.62. The van der Waals surface area contributed by atoms with Gasteiger partial charge in [0.2, 0.25) is 12.1 Å².